The quantitative estimate of drug-likeness (QED) is 0.400. The van der Waals surface area contributed by atoms with Gasteiger partial charge >= 0.3 is 5.97 Å². The smallest absolute Gasteiger partial charge is 0.374 e. The zero-order valence-electron chi connectivity index (χ0n) is 19.6. The number of phenolic OH excluding ortho intramolecular Hbond substituents is 1. The number of anilines is 1. The molecule has 34 heavy (non-hydrogen) atoms. The number of benzene rings is 1. The number of rotatable bonds is 6. The lowest BCUT2D eigenvalue weighted by molar-refractivity contribution is -0.117. The third kappa shape index (κ3) is 4.08. The molecule has 0 bridgehead atoms. The van der Waals surface area contributed by atoms with E-state index in [0.29, 0.717) is 0 Å². The van der Waals surface area contributed by atoms with Crippen LogP contribution in [-0.2, 0) is 26.4 Å². The number of halogens is 1. The summed E-state index contributed by atoms with van der Waals surface area (Å²) in [5.41, 5.74) is -0.132. The summed E-state index contributed by atoms with van der Waals surface area (Å²) < 4.78 is 31.4. The van der Waals surface area contributed by atoms with Crippen molar-refractivity contribution in [2.24, 2.45) is 14.7 Å². The highest BCUT2D eigenvalue weighted by Crippen LogP contribution is 2.51. The number of hydrogen-bond acceptors (Lipinski definition) is 8. The summed E-state index contributed by atoms with van der Waals surface area (Å²) in [5, 5.41) is 17.4. The van der Waals surface area contributed by atoms with E-state index >= 15 is 0 Å². The summed E-state index contributed by atoms with van der Waals surface area (Å²) in [7, 11) is 3.29. The first-order chi connectivity index (χ1) is 16.0. The van der Waals surface area contributed by atoms with Gasteiger partial charge in [0.2, 0.25) is 0 Å². The minimum absolute atomic E-state index is 0.108. The second-order valence-corrected chi connectivity index (χ2v) is 9.97. The number of hydrogen-bond donors (Lipinski definition) is 3. The Morgan fingerprint density at radius 2 is 1.85 bits per heavy atom. The Morgan fingerprint density at radius 1 is 1.21 bits per heavy atom. The molecule has 12 heteroatoms. The van der Waals surface area contributed by atoms with E-state index < -0.39 is 22.9 Å². The van der Waals surface area contributed by atoms with Crippen LogP contribution in [0.5, 0.6) is 5.75 Å². The van der Waals surface area contributed by atoms with E-state index in [1.807, 2.05) is 33.8 Å². The fourth-order valence-corrected chi connectivity index (χ4v) is 4.69. The highest BCUT2D eigenvalue weighted by molar-refractivity contribution is 7.83. The fourth-order valence-electron chi connectivity index (χ4n) is 3.78. The minimum atomic E-state index is -1.85. The monoisotopic (exact) mass is 507 g/mol. The lowest BCUT2D eigenvalue weighted by Crippen LogP contribution is -2.38. The van der Waals surface area contributed by atoms with Gasteiger partial charge in [0.05, 0.1) is 22.3 Å². The average Bonchev–Trinajstić information content (AvgIpc) is 3.13. The third-order valence-corrected chi connectivity index (χ3v) is 6.83. The number of likely N-dealkylation sites (N-methyl/N-ethyl adjacent to an activating group) is 1. The van der Waals surface area contributed by atoms with E-state index in [2.05, 4.69) is 19.4 Å². The molecule has 1 fully saturated rings. The van der Waals surface area contributed by atoms with Gasteiger partial charge in [0, 0.05) is 0 Å². The van der Waals surface area contributed by atoms with Crippen molar-refractivity contribution in [3.8, 4) is 5.75 Å². The second-order valence-electron chi connectivity index (χ2n) is 8.74. The van der Waals surface area contributed by atoms with Gasteiger partial charge in [-0.25, -0.2) is 9.00 Å². The molecule has 2 aliphatic rings. The van der Waals surface area contributed by atoms with E-state index in [9.17, 15) is 14.1 Å². The minimum Gasteiger partial charge on any atom is -0.505 e. The van der Waals surface area contributed by atoms with Crippen LogP contribution in [-0.4, -0.2) is 46.0 Å². The number of furan rings is 1. The van der Waals surface area contributed by atoms with Crippen LogP contribution in [0, 0.1) is 19.8 Å². The molecule has 1 saturated heterocycles. The number of aromatic hydroxyl groups is 1. The fraction of sp³-hybridized carbons (Fsp3) is 0.409. The highest BCUT2D eigenvalue weighted by atomic mass is 35.5. The maximum Gasteiger partial charge on any atom is 0.374 e. The van der Waals surface area contributed by atoms with Gasteiger partial charge in [-0.1, -0.05) is 25.4 Å². The summed E-state index contributed by atoms with van der Waals surface area (Å²) in [4.78, 5) is 13.6. The van der Waals surface area contributed by atoms with Crippen LogP contribution in [0.4, 0.5) is 5.69 Å². The van der Waals surface area contributed by atoms with Gasteiger partial charge in [-0.05, 0) is 57.6 Å². The summed E-state index contributed by atoms with van der Waals surface area (Å²) in [5.74, 6) is 1.24. The molecule has 1 aromatic heterocycles. The van der Waals surface area contributed by atoms with Gasteiger partial charge in [0.1, 0.15) is 17.3 Å². The van der Waals surface area contributed by atoms with Crippen LogP contribution < -0.4 is 10.6 Å². The van der Waals surface area contributed by atoms with E-state index in [0.717, 1.165) is 17.1 Å². The molecular formula is C22H26ClN5O5S. The van der Waals surface area contributed by atoms with Crippen molar-refractivity contribution >= 4 is 46.1 Å². The Morgan fingerprint density at radius 3 is 2.38 bits per heavy atom. The molecule has 1 aromatic carbocycles. The Balaban J connectivity index is 1.64. The van der Waals surface area contributed by atoms with Crippen LogP contribution in [0.15, 0.2) is 31.4 Å². The molecule has 182 valence electrons. The number of carbonyl (C=O) groups is 1. The molecule has 0 radical (unpaired) electrons. The average molecular weight is 508 g/mol. The largest absolute Gasteiger partial charge is 0.505 e. The zero-order chi connectivity index (χ0) is 24.9. The van der Waals surface area contributed by atoms with Crippen LogP contribution in [0.3, 0.4) is 0 Å². The SMILES string of the molecule is Cc1cc([C@H](NC2=NS(=O)N=C2Nc2ccc(Cl)c(C3(N(C)C)OC3=O)c2O)C(C)C)oc1C. The summed E-state index contributed by atoms with van der Waals surface area (Å²) in [6, 6.07) is 4.74. The first-order valence-corrected chi connectivity index (χ1v) is 12.0. The summed E-state index contributed by atoms with van der Waals surface area (Å²) >= 11 is 4.47. The number of aryl methyl sites for hydroxylation is 2. The van der Waals surface area contributed by atoms with E-state index in [-0.39, 0.29) is 45.7 Å². The number of cyclic esters (lactones) is 1. The predicted octanol–water partition coefficient (Wildman–Crippen LogP) is 3.31. The molecule has 0 aliphatic carbocycles. The molecule has 0 saturated carbocycles. The van der Waals surface area contributed by atoms with Crippen molar-refractivity contribution in [1.29, 1.82) is 0 Å². The highest BCUT2D eigenvalue weighted by Gasteiger charge is 2.64. The lowest BCUT2D eigenvalue weighted by atomic mass is 10.0. The van der Waals surface area contributed by atoms with Gasteiger partial charge < -0.3 is 24.9 Å². The van der Waals surface area contributed by atoms with E-state index in [1.54, 1.807) is 14.1 Å². The normalized spacial score (nSPS) is 22.5. The number of amidine groups is 2. The van der Waals surface area contributed by atoms with Crippen molar-refractivity contribution < 1.29 is 23.3 Å². The Kier molecular flexibility index (Phi) is 6.21. The number of ether oxygens (including phenoxy) is 1. The van der Waals surface area contributed by atoms with Crippen LogP contribution in [0.2, 0.25) is 5.02 Å². The number of carbonyl (C=O) groups excluding carboxylic acids is 1. The van der Waals surface area contributed by atoms with Gasteiger partial charge in [-0.15, -0.1) is 8.80 Å². The van der Waals surface area contributed by atoms with E-state index in [1.165, 1.54) is 17.0 Å². The van der Waals surface area contributed by atoms with Crippen LogP contribution >= 0.6 is 11.6 Å². The molecule has 0 amide bonds. The molecule has 3 heterocycles. The number of nitrogens with zero attached hydrogens (tertiary/aromatic N) is 3. The molecule has 2 unspecified atom stereocenters. The van der Waals surface area contributed by atoms with Crippen LogP contribution in [0.25, 0.3) is 0 Å². The third-order valence-electron chi connectivity index (χ3n) is 5.84. The van der Waals surface area contributed by atoms with Crippen molar-refractivity contribution in [1.82, 2.24) is 10.2 Å². The molecule has 2 aromatic rings. The maximum absolute atomic E-state index is 12.2. The Hall–Kier alpha value is -2.89. The van der Waals surface area contributed by atoms with Gasteiger partial charge in [-0.3, -0.25) is 4.90 Å². The standard InChI is InChI=1S/C22H26ClN5O5S/c1-10(2)17(15-9-11(3)12(4)32-15)25-20-19(26-34(31)27-20)24-14-8-7-13(23)16(18(14)29)22(28(5)6)21(30)33-22/h7-10,17,29H,1-6H3,(H,24,26)(H,25,27)/t17-,22?,34?/m1/s1. The number of nitrogens with one attached hydrogen (secondary N) is 2. The second kappa shape index (κ2) is 8.71. The molecule has 2 aliphatic heterocycles. The first-order valence-electron chi connectivity index (χ1n) is 10.6. The number of phenols is 1. The van der Waals surface area contributed by atoms with Crippen molar-refractivity contribution in [2.45, 2.75) is 39.5 Å². The molecule has 3 N–H and O–H groups in total. The maximum atomic E-state index is 12.2. The molecular weight excluding hydrogens is 482 g/mol. The van der Waals surface area contributed by atoms with Crippen molar-refractivity contribution in [3.63, 3.8) is 0 Å². The Bertz CT molecular complexity index is 1240. The van der Waals surface area contributed by atoms with Gasteiger partial charge in [0.15, 0.2) is 11.7 Å². The van der Waals surface area contributed by atoms with Crippen molar-refractivity contribution in [2.75, 3.05) is 19.4 Å². The first kappa shape index (κ1) is 24.2. The molecule has 10 nitrogen and oxygen atoms in total. The summed E-state index contributed by atoms with van der Waals surface area (Å²) in [6.45, 7) is 7.90. The van der Waals surface area contributed by atoms with Gasteiger partial charge in [0.25, 0.3) is 16.9 Å². The van der Waals surface area contributed by atoms with E-state index in [4.69, 9.17) is 20.8 Å². The number of epoxide rings is 1. The molecule has 4 rings (SSSR count). The Labute approximate surface area is 204 Å². The summed E-state index contributed by atoms with van der Waals surface area (Å²) in [6.07, 6.45) is 0. The topological polar surface area (TPSA) is 132 Å². The molecule has 3 atom stereocenters. The molecule has 0 spiro atoms. The zero-order valence-corrected chi connectivity index (χ0v) is 21.2. The predicted molar refractivity (Wildman–Crippen MR) is 130 cm³/mol. The van der Waals surface area contributed by atoms with Crippen molar-refractivity contribution in [3.05, 3.63) is 45.9 Å². The van der Waals surface area contributed by atoms with Gasteiger partial charge in [-0.2, -0.15) is 0 Å². The lowest BCUT2D eigenvalue weighted by Gasteiger charge is -2.23. The van der Waals surface area contributed by atoms with Crippen LogP contribution in [0.1, 0.15) is 42.5 Å².